The predicted molar refractivity (Wildman–Crippen MR) is 100 cm³/mol. The highest BCUT2D eigenvalue weighted by atomic mass is 35.5. The van der Waals surface area contributed by atoms with Crippen molar-refractivity contribution in [3.05, 3.63) is 58.3 Å². The number of carbonyl (C=O) groups is 1. The van der Waals surface area contributed by atoms with Crippen molar-refractivity contribution in [1.82, 2.24) is 9.97 Å². The van der Waals surface area contributed by atoms with Crippen LogP contribution in [0, 0.1) is 18.3 Å². The van der Waals surface area contributed by atoms with Gasteiger partial charge < -0.3 is 10.1 Å². The van der Waals surface area contributed by atoms with Crippen LogP contribution in [0.3, 0.4) is 0 Å². The summed E-state index contributed by atoms with van der Waals surface area (Å²) in [5.41, 5.74) is 1.51. The molecule has 3 rings (SSSR count). The molecular weight excluding hydrogens is 374 g/mol. The summed E-state index contributed by atoms with van der Waals surface area (Å²) in [4.78, 5) is 20.3. The van der Waals surface area contributed by atoms with Crippen molar-refractivity contribution in [2.24, 2.45) is 0 Å². The Morgan fingerprint density at radius 3 is 2.92 bits per heavy atom. The van der Waals surface area contributed by atoms with Gasteiger partial charge in [-0.2, -0.15) is 5.26 Å². The van der Waals surface area contributed by atoms with Crippen molar-refractivity contribution in [1.29, 1.82) is 5.26 Å². The van der Waals surface area contributed by atoms with Crippen LogP contribution in [0.2, 0.25) is 5.02 Å². The number of hydrogen-bond acceptors (Lipinski definition) is 7. The van der Waals surface area contributed by atoms with E-state index in [1.165, 1.54) is 17.5 Å². The van der Waals surface area contributed by atoms with Gasteiger partial charge in [0.2, 0.25) is 0 Å². The molecule has 0 aliphatic carbocycles. The van der Waals surface area contributed by atoms with Gasteiger partial charge in [-0.1, -0.05) is 29.0 Å². The Balaban J connectivity index is 1.74. The summed E-state index contributed by atoms with van der Waals surface area (Å²) < 4.78 is 5.30. The molecule has 1 aromatic carbocycles. The number of carbonyl (C=O) groups excluding carboxylic acids is 1. The van der Waals surface area contributed by atoms with Crippen molar-refractivity contribution in [3.8, 4) is 11.9 Å². The molecule has 0 bridgehead atoms. The maximum atomic E-state index is 12.1. The van der Waals surface area contributed by atoms with E-state index < -0.39 is 6.09 Å². The first-order chi connectivity index (χ1) is 12.5. The third kappa shape index (κ3) is 4.47. The highest BCUT2D eigenvalue weighted by Crippen LogP contribution is 2.33. The molecule has 7 nitrogen and oxygen atoms in total. The second-order valence-electron chi connectivity index (χ2n) is 5.09. The lowest BCUT2D eigenvalue weighted by molar-refractivity contribution is 0.214. The summed E-state index contributed by atoms with van der Waals surface area (Å²) >= 11 is 7.20. The lowest BCUT2D eigenvalue weighted by atomic mass is 10.3. The number of halogens is 1. The number of thiazole rings is 1. The summed E-state index contributed by atoms with van der Waals surface area (Å²) in [5.74, 6) is 0.134. The van der Waals surface area contributed by atoms with Crippen LogP contribution in [0.5, 0.6) is 5.88 Å². The minimum absolute atomic E-state index is 0.134. The highest BCUT2D eigenvalue weighted by Gasteiger charge is 2.15. The van der Waals surface area contributed by atoms with Gasteiger partial charge in [0.15, 0.2) is 5.00 Å². The van der Waals surface area contributed by atoms with E-state index in [1.807, 2.05) is 6.07 Å². The Morgan fingerprint density at radius 1 is 1.31 bits per heavy atom. The molecule has 0 saturated carbocycles. The van der Waals surface area contributed by atoms with Gasteiger partial charge in [-0.3, -0.25) is 10.3 Å². The maximum absolute atomic E-state index is 12.1. The molecule has 26 heavy (non-hydrogen) atoms. The van der Waals surface area contributed by atoms with Gasteiger partial charge >= 0.3 is 6.09 Å². The lowest BCUT2D eigenvalue weighted by Gasteiger charge is -2.08. The second kappa shape index (κ2) is 7.82. The number of anilines is 3. The van der Waals surface area contributed by atoms with Crippen molar-refractivity contribution in [2.75, 3.05) is 10.6 Å². The number of nitrogens with one attached hydrogen (secondary N) is 2. The molecule has 0 fully saturated rings. The van der Waals surface area contributed by atoms with E-state index in [9.17, 15) is 4.79 Å². The van der Waals surface area contributed by atoms with Gasteiger partial charge in [-0.05, 0) is 31.2 Å². The van der Waals surface area contributed by atoms with Crippen LogP contribution in [0.1, 0.15) is 10.6 Å². The van der Waals surface area contributed by atoms with Crippen LogP contribution in [0.4, 0.5) is 21.2 Å². The zero-order chi connectivity index (χ0) is 18.5. The molecule has 2 heterocycles. The minimum Gasteiger partial charge on any atom is -0.388 e. The molecule has 0 aliphatic heterocycles. The number of amides is 1. The number of nitriles is 1. The first kappa shape index (κ1) is 17.7. The molecule has 0 saturated heterocycles. The largest absolute Gasteiger partial charge is 0.418 e. The van der Waals surface area contributed by atoms with E-state index in [-0.39, 0.29) is 5.88 Å². The lowest BCUT2D eigenvalue weighted by Crippen LogP contribution is -2.17. The third-order valence-corrected chi connectivity index (χ3v) is 4.19. The van der Waals surface area contributed by atoms with Gasteiger partial charge in [0.1, 0.15) is 6.07 Å². The monoisotopic (exact) mass is 385 g/mol. The van der Waals surface area contributed by atoms with Crippen LogP contribution in [-0.4, -0.2) is 16.1 Å². The molecular formula is C17H12ClN5O2S. The number of benzene rings is 1. The molecule has 0 atom stereocenters. The molecule has 3 aromatic rings. The quantitative estimate of drug-likeness (QED) is 0.673. The van der Waals surface area contributed by atoms with E-state index in [0.717, 1.165) is 0 Å². The number of pyridine rings is 1. The van der Waals surface area contributed by atoms with E-state index in [0.29, 0.717) is 32.0 Å². The molecule has 0 unspecified atom stereocenters. The van der Waals surface area contributed by atoms with E-state index in [2.05, 4.69) is 20.6 Å². The Morgan fingerprint density at radius 2 is 2.15 bits per heavy atom. The van der Waals surface area contributed by atoms with Gasteiger partial charge in [-0.25, -0.2) is 9.78 Å². The summed E-state index contributed by atoms with van der Waals surface area (Å²) in [6.45, 7) is 1.79. The van der Waals surface area contributed by atoms with Crippen LogP contribution < -0.4 is 15.4 Å². The molecule has 9 heteroatoms. The fourth-order valence-electron chi connectivity index (χ4n) is 2.05. The average molecular weight is 386 g/mol. The molecule has 0 spiro atoms. The number of aryl methyl sites for hydroxylation is 1. The fourth-order valence-corrected chi connectivity index (χ4v) is 3.01. The number of aromatic nitrogens is 2. The van der Waals surface area contributed by atoms with Gasteiger partial charge in [0.05, 0.1) is 22.5 Å². The average Bonchev–Trinajstić information content (AvgIpc) is 2.93. The van der Waals surface area contributed by atoms with Crippen LogP contribution in [0.25, 0.3) is 0 Å². The fraction of sp³-hybridized carbons (Fsp3) is 0.0588. The van der Waals surface area contributed by atoms with E-state index in [1.54, 1.807) is 43.5 Å². The molecule has 2 N–H and O–H groups in total. The number of hydrogen-bond donors (Lipinski definition) is 2. The normalized spacial score (nSPS) is 10.0. The zero-order valence-corrected chi connectivity index (χ0v) is 15.1. The molecule has 0 aliphatic rings. The topological polar surface area (TPSA) is 99.9 Å². The zero-order valence-electron chi connectivity index (χ0n) is 13.5. The van der Waals surface area contributed by atoms with Gasteiger partial charge in [0.25, 0.3) is 5.88 Å². The SMILES string of the molecule is Cc1nc(OC(=O)Nc2cccc(Cl)c2)c(Nc2cncc(C#N)c2)s1. The van der Waals surface area contributed by atoms with E-state index in [4.69, 9.17) is 21.6 Å². The van der Waals surface area contributed by atoms with Crippen molar-refractivity contribution >= 4 is 45.4 Å². The van der Waals surface area contributed by atoms with Gasteiger partial charge in [0, 0.05) is 16.9 Å². The van der Waals surface area contributed by atoms with Crippen molar-refractivity contribution in [2.45, 2.75) is 6.92 Å². The van der Waals surface area contributed by atoms with Crippen molar-refractivity contribution in [3.63, 3.8) is 0 Å². The van der Waals surface area contributed by atoms with Gasteiger partial charge in [-0.15, -0.1) is 0 Å². The minimum atomic E-state index is -0.690. The number of nitrogens with zero attached hydrogens (tertiary/aromatic N) is 3. The Kier molecular flexibility index (Phi) is 5.31. The summed E-state index contributed by atoms with van der Waals surface area (Å²) in [6, 6.07) is 10.4. The summed E-state index contributed by atoms with van der Waals surface area (Å²) in [7, 11) is 0. The Hall–Kier alpha value is -3.15. The molecule has 1 amide bonds. The standard InChI is InChI=1S/C17H12ClN5O2S/c1-10-21-15(25-17(24)23-13-4-2-3-12(18)6-13)16(26-10)22-14-5-11(7-19)8-20-9-14/h2-6,8-9,22H,1H3,(H,23,24). The number of ether oxygens (including phenoxy) is 1. The smallest absolute Gasteiger partial charge is 0.388 e. The van der Waals surface area contributed by atoms with Crippen molar-refractivity contribution < 1.29 is 9.53 Å². The maximum Gasteiger partial charge on any atom is 0.418 e. The first-order valence-electron chi connectivity index (χ1n) is 7.37. The molecule has 0 radical (unpaired) electrons. The Bertz CT molecular complexity index is 999. The molecule has 130 valence electrons. The van der Waals surface area contributed by atoms with Crippen LogP contribution >= 0.6 is 22.9 Å². The Labute approximate surface area is 158 Å². The highest BCUT2D eigenvalue weighted by molar-refractivity contribution is 7.16. The van der Waals surface area contributed by atoms with Crippen LogP contribution in [0.15, 0.2) is 42.7 Å². The molecule has 2 aromatic heterocycles. The summed E-state index contributed by atoms with van der Waals surface area (Å²) in [6.07, 6.45) is 2.33. The predicted octanol–water partition coefficient (Wildman–Crippen LogP) is 4.73. The summed E-state index contributed by atoms with van der Waals surface area (Å²) in [5, 5.41) is 16.3. The first-order valence-corrected chi connectivity index (χ1v) is 8.57. The second-order valence-corrected chi connectivity index (χ2v) is 6.73. The van der Waals surface area contributed by atoms with E-state index >= 15 is 0 Å². The third-order valence-electron chi connectivity index (χ3n) is 3.09. The number of rotatable bonds is 4. The van der Waals surface area contributed by atoms with Crippen LogP contribution in [-0.2, 0) is 0 Å².